The van der Waals surface area contributed by atoms with Gasteiger partial charge >= 0.3 is 0 Å². The lowest BCUT2D eigenvalue weighted by Crippen LogP contribution is -2.45. The quantitative estimate of drug-likeness (QED) is 0.900. The number of hydrogen-bond acceptors (Lipinski definition) is 3. The zero-order valence-electron chi connectivity index (χ0n) is 11.0. The molecule has 1 aliphatic rings. The Labute approximate surface area is 117 Å². The molecule has 2 rings (SSSR count). The van der Waals surface area contributed by atoms with Crippen molar-refractivity contribution >= 4 is 21.9 Å². The van der Waals surface area contributed by atoms with Gasteiger partial charge in [-0.1, -0.05) is 41.9 Å². The van der Waals surface area contributed by atoms with Crippen molar-refractivity contribution in [3.8, 4) is 0 Å². The molecule has 0 radical (unpaired) electrons. The second-order valence-electron chi connectivity index (χ2n) is 5.26. The van der Waals surface area contributed by atoms with Crippen molar-refractivity contribution in [3.63, 3.8) is 0 Å². The average Bonchev–Trinajstić information content (AvgIpc) is 2.38. The van der Waals surface area contributed by atoms with Crippen LogP contribution in [0.5, 0.6) is 0 Å². The van der Waals surface area contributed by atoms with E-state index < -0.39 is 0 Å². The first-order chi connectivity index (χ1) is 8.58. The molecule has 18 heavy (non-hydrogen) atoms. The topological polar surface area (TPSA) is 36.4 Å². The first kappa shape index (κ1) is 13.4. The van der Waals surface area contributed by atoms with Crippen LogP contribution in [0.25, 0.3) is 0 Å². The zero-order chi connectivity index (χ0) is 13.0. The van der Waals surface area contributed by atoms with Crippen LogP contribution in [0.2, 0.25) is 0 Å². The molecule has 0 atom stereocenters. The summed E-state index contributed by atoms with van der Waals surface area (Å²) in [7, 11) is 0. The van der Waals surface area contributed by atoms with Gasteiger partial charge in [-0.25, -0.2) is 0 Å². The minimum atomic E-state index is 0.0748. The Bertz CT molecular complexity index is 440. The highest BCUT2D eigenvalue weighted by atomic mass is 79.9. The molecule has 1 aliphatic heterocycles. The fourth-order valence-corrected chi connectivity index (χ4v) is 2.37. The summed E-state index contributed by atoms with van der Waals surface area (Å²) in [4.78, 5) is 4.43. The van der Waals surface area contributed by atoms with Gasteiger partial charge in [-0.2, -0.15) is 0 Å². The van der Waals surface area contributed by atoms with E-state index in [1.165, 1.54) is 5.56 Å². The molecule has 3 nitrogen and oxygen atoms in total. The van der Waals surface area contributed by atoms with Gasteiger partial charge in [0.15, 0.2) is 5.96 Å². The first-order valence-corrected chi connectivity index (χ1v) is 7.15. The predicted molar refractivity (Wildman–Crippen MR) is 80.1 cm³/mol. The van der Waals surface area contributed by atoms with Crippen molar-refractivity contribution in [2.24, 2.45) is 4.99 Å². The van der Waals surface area contributed by atoms with Crippen LogP contribution < -0.4 is 10.6 Å². The van der Waals surface area contributed by atoms with Gasteiger partial charge in [0.05, 0.1) is 0 Å². The maximum atomic E-state index is 4.43. The maximum Gasteiger partial charge on any atom is 0.191 e. The molecule has 0 aliphatic carbocycles. The number of rotatable bonds is 3. The Morgan fingerprint density at radius 2 is 2.28 bits per heavy atom. The summed E-state index contributed by atoms with van der Waals surface area (Å²) in [5.74, 6) is 0.935. The Morgan fingerprint density at radius 1 is 1.44 bits per heavy atom. The standard InChI is InChI=1S/C14H20BrN3/c1-14(2,11-5-3-6-12(15)9-11)10-18-13-16-7-4-8-17-13/h3,5-6,9H,4,7-8,10H2,1-2H3,(H2,16,17,18). The van der Waals surface area contributed by atoms with Gasteiger partial charge in [0.25, 0.3) is 0 Å². The molecule has 0 saturated carbocycles. The third-order valence-electron chi connectivity index (χ3n) is 3.20. The number of guanidine groups is 1. The molecular weight excluding hydrogens is 290 g/mol. The molecule has 4 heteroatoms. The Kier molecular flexibility index (Phi) is 4.27. The summed E-state index contributed by atoms with van der Waals surface area (Å²) in [6, 6.07) is 8.48. The maximum absolute atomic E-state index is 4.43. The molecule has 0 saturated heterocycles. The van der Waals surface area contributed by atoms with E-state index >= 15 is 0 Å². The van der Waals surface area contributed by atoms with Crippen LogP contribution in [0.1, 0.15) is 25.8 Å². The molecular formula is C14H20BrN3. The zero-order valence-corrected chi connectivity index (χ0v) is 12.5. The largest absolute Gasteiger partial charge is 0.356 e. The molecule has 2 N–H and O–H groups in total. The van der Waals surface area contributed by atoms with Crippen LogP contribution in [-0.2, 0) is 5.41 Å². The number of hydrogen-bond donors (Lipinski definition) is 2. The van der Waals surface area contributed by atoms with E-state index in [-0.39, 0.29) is 5.41 Å². The lowest BCUT2D eigenvalue weighted by molar-refractivity contribution is 0.505. The Balaban J connectivity index is 2.00. The third-order valence-corrected chi connectivity index (χ3v) is 3.69. The van der Waals surface area contributed by atoms with Crippen molar-refractivity contribution in [2.75, 3.05) is 19.6 Å². The van der Waals surface area contributed by atoms with E-state index in [2.05, 4.69) is 69.7 Å². The first-order valence-electron chi connectivity index (χ1n) is 6.36. The van der Waals surface area contributed by atoms with Crippen LogP contribution in [0.4, 0.5) is 0 Å². The number of nitrogens with zero attached hydrogens (tertiary/aromatic N) is 1. The second kappa shape index (κ2) is 5.74. The van der Waals surface area contributed by atoms with Gasteiger partial charge in [0.1, 0.15) is 0 Å². The summed E-state index contributed by atoms with van der Waals surface area (Å²) in [5.41, 5.74) is 1.39. The van der Waals surface area contributed by atoms with E-state index in [0.29, 0.717) is 0 Å². The highest BCUT2D eigenvalue weighted by molar-refractivity contribution is 9.10. The fraction of sp³-hybridized carbons (Fsp3) is 0.500. The highest BCUT2D eigenvalue weighted by Crippen LogP contribution is 2.24. The van der Waals surface area contributed by atoms with Crippen LogP contribution in [0.3, 0.4) is 0 Å². The van der Waals surface area contributed by atoms with Crippen molar-refractivity contribution < 1.29 is 0 Å². The number of benzene rings is 1. The molecule has 1 heterocycles. The van der Waals surface area contributed by atoms with Gasteiger partial charge in [-0.3, -0.25) is 4.99 Å². The summed E-state index contributed by atoms with van der Waals surface area (Å²) in [6.07, 6.45) is 1.13. The van der Waals surface area contributed by atoms with Gasteiger partial charge < -0.3 is 10.6 Å². The van der Waals surface area contributed by atoms with E-state index in [4.69, 9.17) is 0 Å². The number of halogens is 1. The van der Waals surface area contributed by atoms with E-state index in [9.17, 15) is 0 Å². The van der Waals surface area contributed by atoms with Crippen molar-refractivity contribution in [1.82, 2.24) is 10.6 Å². The van der Waals surface area contributed by atoms with Crippen LogP contribution in [-0.4, -0.2) is 25.6 Å². The lowest BCUT2D eigenvalue weighted by atomic mass is 9.85. The summed E-state index contributed by atoms with van der Waals surface area (Å²) in [6.45, 7) is 7.29. The van der Waals surface area contributed by atoms with Crippen molar-refractivity contribution in [2.45, 2.75) is 25.7 Å². The van der Waals surface area contributed by atoms with Crippen LogP contribution in [0, 0.1) is 0 Å². The lowest BCUT2D eigenvalue weighted by Gasteiger charge is -2.27. The fourth-order valence-electron chi connectivity index (χ4n) is 1.97. The summed E-state index contributed by atoms with van der Waals surface area (Å²) < 4.78 is 1.13. The summed E-state index contributed by atoms with van der Waals surface area (Å²) in [5, 5.41) is 6.69. The number of nitrogens with one attached hydrogen (secondary N) is 2. The van der Waals surface area contributed by atoms with Gasteiger partial charge in [0.2, 0.25) is 0 Å². The SMILES string of the molecule is CC(C)(CNC1=NCCCN1)c1cccc(Br)c1. The Morgan fingerprint density at radius 3 is 2.94 bits per heavy atom. The molecule has 0 amide bonds. The molecule has 0 aromatic heterocycles. The minimum Gasteiger partial charge on any atom is -0.356 e. The molecule has 1 aromatic carbocycles. The van der Waals surface area contributed by atoms with Crippen LogP contribution in [0.15, 0.2) is 33.7 Å². The highest BCUT2D eigenvalue weighted by Gasteiger charge is 2.21. The van der Waals surface area contributed by atoms with E-state index in [0.717, 1.165) is 36.5 Å². The Hall–Kier alpha value is -1.03. The minimum absolute atomic E-state index is 0.0748. The van der Waals surface area contributed by atoms with Crippen molar-refractivity contribution in [1.29, 1.82) is 0 Å². The predicted octanol–water partition coefficient (Wildman–Crippen LogP) is 2.67. The molecule has 98 valence electrons. The van der Waals surface area contributed by atoms with Crippen LogP contribution >= 0.6 is 15.9 Å². The number of aliphatic imine (C=N–C) groups is 1. The van der Waals surface area contributed by atoms with Gasteiger partial charge in [0, 0.05) is 29.5 Å². The van der Waals surface area contributed by atoms with E-state index in [1.807, 2.05) is 0 Å². The van der Waals surface area contributed by atoms with Gasteiger partial charge in [-0.15, -0.1) is 0 Å². The van der Waals surface area contributed by atoms with E-state index in [1.54, 1.807) is 0 Å². The summed E-state index contributed by atoms with van der Waals surface area (Å²) >= 11 is 3.53. The third kappa shape index (κ3) is 3.48. The molecule has 0 unspecified atom stereocenters. The average molecular weight is 310 g/mol. The molecule has 0 fully saturated rings. The second-order valence-corrected chi connectivity index (χ2v) is 6.17. The molecule has 1 aromatic rings. The molecule has 0 spiro atoms. The monoisotopic (exact) mass is 309 g/mol. The normalized spacial score (nSPS) is 15.8. The van der Waals surface area contributed by atoms with Crippen molar-refractivity contribution in [3.05, 3.63) is 34.3 Å². The molecule has 0 bridgehead atoms. The van der Waals surface area contributed by atoms with Gasteiger partial charge in [-0.05, 0) is 24.1 Å². The smallest absolute Gasteiger partial charge is 0.191 e.